The first-order chi connectivity index (χ1) is 10.2. The fourth-order valence-corrected chi connectivity index (χ4v) is 4.50. The molecule has 1 saturated carbocycles. The Morgan fingerprint density at radius 1 is 1.33 bits per heavy atom. The zero-order valence-electron chi connectivity index (χ0n) is 13.7. The second-order valence-corrected chi connectivity index (χ2v) is 7.90. The Morgan fingerprint density at radius 3 is 2.81 bits per heavy atom. The number of hydrogen-bond donors (Lipinski definition) is 1. The summed E-state index contributed by atoms with van der Waals surface area (Å²) in [4.78, 5) is 9.07. The molecule has 0 amide bonds. The van der Waals surface area contributed by atoms with Crippen LogP contribution in [0.1, 0.15) is 69.5 Å². The number of fused-ring (bicyclic) bond motifs is 1. The molecule has 1 unspecified atom stereocenters. The van der Waals surface area contributed by atoms with Crippen LogP contribution in [-0.2, 0) is 6.42 Å². The van der Waals surface area contributed by atoms with Crippen LogP contribution in [-0.4, -0.2) is 24.1 Å². The van der Waals surface area contributed by atoms with Crippen molar-refractivity contribution < 1.29 is 0 Å². The second kappa shape index (κ2) is 6.66. The lowest BCUT2D eigenvalue weighted by Gasteiger charge is -2.26. The third kappa shape index (κ3) is 3.59. The van der Waals surface area contributed by atoms with E-state index in [-0.39, 0.29) is 0 Å². The van der Waals surface area contributed by atoms with E-state index >= 15 is 0 Å². The molecule has 0 spiro atoms. The fourth-order valence-electron chi connectivity index (χ4n) is 3.13. The summed E-state index contributed by atoms with van der Waals surface area (Å²) in [6, 6.07) is 1.11. The molecule has 1 fully saturated rings. The van der Waals surface area contributed by atoms with E-state index < -0.39 is 0 Å². The molecule has 0 bridgehead atoms. The van der Waals surface area contributed by atoms with E-state index in [1.807, 2.05) is 11.3 Å². The number of aryl methyl sites for hydroxylation is 1. The Kier molecular flexibility index (Phi) is 4.85. The molecule has 0 aromatic carbocycles. The van der Waals surface area contributed by atoms with Crippen LogP contribution in [0.15, 0.2) is 0 Å². The largest absolute Gasteiger partial charge is 0.345 e. The summed E-state index contributed by atoms with van der Waals surface area (Å²) >= 11 is 1.95. The lowest BCUT2D eigenvalue weighted by molar-refractivity contribution is 0.464. The summed E-state index contributed by atoms with van der Waals surface area (Å²) in [7, 11) is 0. The quantitative estimate of drug-likeness (QED) is 0.820. The molecule has 3 rings (SSSR count). The van der Waals surface area contributed by atoms with Gasteiger partial charge in [0.15, 0.2) is 5.13 Å². The van der Waals surface area contributed by atoms with Crippen molar-refractivity contribution in [3.8, 4) is 0 Å². The fraction of sp³-hybridized carbons (Fsp3) is 0.824. The van der Waals surface area contributed by atoms with Crippen LogP contribution in [0.25, 0.3) is 0 Å². The number of thiazole rings is 1. The SMILES string of the molecule is CCCNC1CCCc2nc(N(CC3CC3)C(C)C)sc21. The van der Waals surface area contributed by atoms with Crippen LogP contribution in [0, 0.1) is 5.92 Å². The molecule has 4 heteroatoms. The van der Waals surface area contributed by atoms with Crippen molar-refractivity contribution in [3.05, 3.63) is 10.6 Å². The van der Waals surface area contributed by atoms with Gasteiger partial charge in [-0.1, -0.05) is 18.3 Å². The standard InChI is InChI=1S/C17H29N3S/c1-4-10-18-14-6-5-7-15-16(14)21-17(19-15)20(12(2)3)11-13-8-9-13/h12-14,18H,4-11H2,1-3H3. The van der Waals surface area contributed by atoms with Gasteiger partial charge in [0.25, 0.3) is 0 Å². The Morgan fingerprint density at radius 2 is 2.14 bits per heavy atom. The molecule has 2 aliphatic carbocycles. The molecule has 0 aliphatic heterocycles. The lowest BCUT2D eigenvalue weighted by atomic mass is 9.98. The Hall–Kier alpha value is -0.610. The van der Waals surface area contributed by atoms with Crippen LogP contribution in [0.5, 0.6) is 0 Å². The van der Waals surface area contributed by atoms with Crippen molar-refractivity contribution in [3.63, 3.8) is 0 Å². The van der Waals surface area contributed by atoms with Gasteiger partial charge in [0.05, 0.1) is 5.69 Å². The molecule has 118 valence electrons. The maximum Gasteiger partial charge on any atom is 0.186 e. The summed E-state index contributed by atoms with van der Waals surface area (Å²) in [5, 5.41) is 4.98. The van der Waals surface area contributed by atoms with Gasteiger partial charge >= 0.3 is 0 Å². The smallest absolute Gasteiger partial charge is 0.186 e. The van der Waals surface area contributed by atoms with Crippen molar-refractivity contribution in [1.82, 2.24) is 10.3 Å². The van der Waals surface area contributed by atoms with Crippen molar-refractivity contribution in [2.45, 2.75) is 71.4 Å². The normalized spacial score (nSPS) is 21.6. The summed E-state index contributed by atoms with van der Waals surface area (Å²) in [5.74, 6) is 0.919. The van der Waals surface area contributed by atoms with E-state index in [2.05, 4.69) is 31.0 Å². The highest BCUT2D eigenvalue weighted by Crippen LogP contribution is 2.39. The number of nitrogens with one attached hydrogen (secondary N) is 1. The number of anilines is 1. The number of nitrogens with zero attached hydrogens (tertiary/aromatic N) is 2. The summed E-state index contributed by atoms with van der Waals surface area (Å²) in [5.41, 5.74) is 1.37. The third-order valence-electron chi connectivity index (χ3n) is 4.60. The molecule has 2 aliphatic rings. The van der Waals surface area contributed by atoms with Crippen molar-refractivity contribution >= 4 is 16.5 Å². The Balaban J connectivity index is 1.78. The van der Waals surface area contributed by atoms with Crippen molar-refractivity contribution in [2.24, 2.45) is 5.92 Å². The molecule has 0 radical (unpaired) electrons. The zero-order chi connectivity index (χ0) is 14.8. The van der Waals surface area contributed by atoms with Crippen molar-refractivity contribution in [2.75, 3.05) is 18.0 Å². The van der Waals surface area contributed by atoms with Crippen LogP contribution >= 0.6 is 11.3 Å². The number of aromatic nitrogens is 1. The highest BCUT2D eigenvalue weighted by Gasteiger charge is 2.30. The first-order valence-corrected chi connectivity index (χ1v) is 9.50. The molecule has 1 atom stereocenters. The minimum Gasteiger partial charge on any atom is -0.345 e. The van der Waals surface area contributed by atoms with Crippen molar-refractivity contribution in [1.29, 1.82) is 0 Å². The maximum absolute atomic E-state index is 5.02. The van der Waals surface area contributed by atoms with Gasteiger partial charge in [0, 0.05) is 23.5 Å². The molecule has 1 heterocycles. The van der Waals surface area contributed by atoms with E-state index in [0.717, 1.165) is 12.5 Å². The molecule has 3 nitrogen and oxygen atoms in total. The zero-order valence-corrected chi connectivity index (χ0v) is 14.5. The third-order valence-corrected chi connectivity index (χ3v) is 5.85. The summed E-state index contributed by atoms with van der Waals surface area (Å²) < 4.78 is 0. The van der Waals surface area contributed by atoms with E-state index in [9.17, 15) is 0 Å². The van der Waals surface area contributed by atoms with Gasteiger partial charge in [-0.15, -0.1) is 0 Å². The highest BCUT2D eigenvalue weighted by molar-refractivity contribution is 7.15. The van der Waals surface area contributed by atoms with Crippen LogP contribution in [0.2, 0.25) is 0 Å². The van der Waals surface area contributed by atoms with E-state index in [0.29, 0.717) is 12.1 Å². The first-order valence-electron chi connectivity index (χ1n) is 8.68. The molecule has 0 saturated heterocycles. The predicted octanol–water partition coefficient (Wildman–Crippen LogP) is 4.14. The number of hydrogen-bond acceptors (Lipinski definition) is 4. The average Bonchev–Trinajstić information content (AvgIpc) is 3.19. The van der Waals surface area contributed by atoms with Gasteiger partial charge in [0.1, 0.15) is 0 Å². The monoisotopic (exact) mass is 307 g/mol. The maximum atomic E-state index is 5.02. The van der Waals surface area contributed by atoms with Gasteiger partial charge in [-0.3, -0.25) is 0 Å². The topological polar surface area (TPSA) is 28.2 Å². The van der Waals surface area contributed by atoms with Gasteiger partial charge < -0.3 is 10.2 Å². The van der Waals surface area contributed by atoms with E-state index in [1.165, 1.54) is 60.8 Å². The van der Waals surface area contributed by atoms with Crippen LogP contribution < -0.4 is 10.2 Å². The Bertz CT molecular complexity index is 465. The molecule has 21 heavy (non-hydrogen) atoms. The average molecular weight is 308 g/mol. The van der Waals surface area contributed by atoms with Gasteiger partial charge in [-0.05, 0) is 64.8 Å². The van der Waals surface area contributed by atoms with Gasteiger partial charge in [-0.25, -0.2) is 4.98 Å². The molecular formula is C17H29N3S. The Labute approximate surface area is 133 Å². The van der Waals surface area contributed by atoms with Crippen LogP contribution in [0.3, 0.4) is 0 Å². The van der Waals surface area contributed by atoms with Gasteiger partial charge in [-0.2, -0.15) is 0 Å². The molecular weight excluding hydrogens is 278 g/mol. The minimum absolute atomic E-state index is 0.551. The highest BCUT2D eigenvalue weighted by atomic mass is 32.1. The second-order valence-electron chi connectivity index (χ2n) is 6.90. The lowest BCUT2D eigenvalue weighted by Crippen LogP contribution is -2.32. The predicted molar refractivity (Wildman–Crippen MR) is 91.3 cm³/mol. The number of rotatable bonds is 7. The summed E-state index contributed by atoms with van der Waals surface area (Å²) in [6.45, 7) is 9.17. The molecule has 1 aromatic heterocycles. The van der Waals surface area contributed by atoms with Crippen LogP contribution in [0.4, 0.5) is 5.13 Å². The van der Waals surface area contributed by atoms with E-state index in [4.69, 9.17) is 4.98 Å². The minimum atomic E-state index is 0.551. The summed E-state index contributed by atoms with van der Waals surface area (Å²) in [6.07, 6.45) is 7.76. The molecule has 1 N–H and O–H groups in total. The van der Waals surface area contributed by atoms with Gasteiger partial charge in [0.2, 0.25) is 0 Å². The first kappa shape index (κ1) is 15.3. The molecule has 1 aromatic rings. The van der Waals surface area contributed by atoms with E-state index in [1.54, 1.807) is 0 Å².